The second-order valence-corrected chi connectivity index (χ2v) is 3.71. The molecule has 0 amide bonds. The molecule has 80 valence electrons. The molecule has 0 fully saturated rings. The van der Waals surface area contributed by atoms with Gasteiger partial charge in [-0.25, -0.2) is 0 Å². The van der Waals surface area contributed by atoms with Crippen LogP contribution in [0.4, 0.5) is 0 Å². The largest absolute Gasteiger partial charge is 0.264 e. The van der Waals surface area contributed by atoms with Gasteiger partial charge < -0.3 is 0 Å². The summed E-state index contributed by atoms with van der Waals surface area (Å²) in [6, 6.07) is 10.2. The second kappa shape index (κ2) is 5.26. The van der Waals surface area contributed by atoms with Crippen molar-refractivity contribution in [1.82, 2.24) is 0 Å². The quantitative estimate of drug-likeness (QED) is 0.515. The molecule has 1 aliphatic carbocycles. The van der Waals surface area contributed by atoms with Gasteiger partial charge in [-0.1, -0.05) is 54.6 Å². The average molecular weight is 209 g/mol. The summed E-state index contributed by atoms with van der Waals surface area (Å²) in [6.07, 6.45) is 10.6. The van der Waals surface area contributed by atoms with Crippen LogP contribution in [-0.2, 0) is 0 Å². The van der Waals surface area contributed by atoms with Crippen molar-refractivity contribution in [3.05, 3.63) is 65.8 Å². The van der Waals surface area contributed by atoms with E-state index in [-0.39, 0.29) is 0 Å². The summed E-state index contributed by atoms with van der Waals surface area (Å²) >= 11 is 0. The van der Waals surface area contributed by atoms with Gasteiger partial charge in [-0.15, -0.1) is 0 Å². The molecule has 1 heteroatoms. The van der Waals surface area contributed by atoms with Gasteiger partial charge >= 0.3 is 0 Å². The van der Waals surface area contributed by atoms with Crippen molar-refractivity contribution in [3.8, 4) is 0 Å². The van der Waals surface area contributed by atoms with E-state index in [4.69, 9.17) is 0 Å². The Balaban J connectivity index is 2.45. The number of benzene rings is 1. The average Bonchev–Trinajstić information content (AvgIpc) is 2.61. The number of hydrogen-bond acceptors (Lipinski definition) is 1. The zero-order valence-corrected chi connectivity index (χ0v) is 9.26. The molecule has 0 N–H and O–H groups in total. The molecule has 1 aromatic rings. The summed E-state index contributed by atoms with van der Waals surface area (Å²) in [5.74, 6) is 0. The third-order valence-electron chi connectivity index (χ3n) is 2.61. The van der Waals surface area contributed by atoms with E-state index in [1.807, 2.05) is 18.2 Å². The summed E-state index contributed by atoms with van der Waals surface area (Å²) < 4.78 is 0. The number of hydrogen-bond donors (Lipinski definition) is 0. The van der Waals surface area contributed by atoms with Crippen LogP contribution >= 0.6 is 0 Å². The molecule has 0 heterocycles. The Morgan fingerprint density at radius 3 is 2.62 bits per heavy atom. The third-order valence-corrected chi connectivity index (χ3v) is 2.61. The Kier molecular flexibility index (Phi) is 3.50. The van der Waals surface area contributed by atoms with Crippen LogP contribution < -0.4 is 0 Å². The molecule has 16 heavy (non-hydrogen) atoms. The van der Waals surface area contributed by atoms with Crippen LogP contribution in [0.25, 0.3) is 5.70 Å². The van der Waals surface area contributed by atoms with Crippen molar-refractivity contribution in [2.24, 2.45) is 4.99 Å². The highest BCUT2D eigenvalue weighted by molar-refractivity contribution is 5.73. The smallest absolute Gasteiger partial charge is 0.0729 e. The molecule has 0 saturated carbocycles. The standard InChI is InChI=1S/C15H15N/c1-16-15(14-11-7-4-8-12-14)13-9-5-2-3-6-10-13/h2,4-8,10-12H,1,3,9H2/b15-13+. The fraction of sp³-hybridized carbons (Fsp3) is 0.133. The lowest BCUT2D eigenvalue weighted by Crippen LogP contribution is -1.86. The maximum atomic E-state index is 4.17. The Labute approximate surface area is 96.5 Å². The lowest BCUT2D eigenvalue weighted by Gasteiger charge is -2.06. The Morgan fingerprint density at radius 2 is 1.88 bits per heavy atom. The fourth-order valence-electron chi connectivity index (χ4n) is 1.81. The first kappa shape index (κ1) is 10.6. The van der Waals surface area contributed by atoms with Crippen molar-refractivity contribution in [2.45, 2.75) is 12.8 Å². The molecule has 0 aromatic heterocycles. The van der Waals surface area contributed by atoms with Crippen molar-refractivity contribution in [2.75, 3.05) is 0 Å². The van der Waals surface area contributed by atoms with Gasteiger partial charge in [0.2, 0.25) is 0 Å². The molecule has 0 saturated heterocycles. The molecule has 0 radical (unpaired) electrons. The highest BCUT2D eigenvalue weighted by Crippen LogP contribution is 2.24. The van der Waals surface area contributed by atoms with E-state index in [1.165, 1.54) is 5.57 Å². The van der Waals surface area contributed by atoms with Gasteiger partial charge in [0.25, 0.3) is 0 Å². The number of nitrogens with zero attached hydrogens (tertiary/aromatic N) is 1. The van der Waals surface area contributed by atoms with E-state index in [2.05, 4.69) is 48.1 Å². The minimum absolute atomic E-state index is 0.930. The second-order valence-electron chi connectivity index (χ2n) is 3.71. The van der Waals surface area contributed by atoms with Crippen molar-refractivity contribution in [3.63, 3.8) is 0 Å². The fourth-order valence-corrected chi connectivity index (χ4v) is 1.81. The summed E-state index contributed by atoms with van der Waals surface area (Å²) in [7, 11) is 0. The van der Waals surface area contributed by atoms with Crippen LogP contribution in [0, 0.1) is 0 Å². The Bertz CT molecular complexity index is 450. The Hall–Kier alpha value is -1.89. The molecule has 2 rings (SSSR count). The van der Waals surface area contributed by atoms with E-state index < -0.39 is 0 Å². The van der Waals surface area contributed by atoms with Crippen LogP contribution in [0.5, 0.6) is 0 Å². The minimum atomic E-state index is 0.930. The van der Waals surface area contributed by atoms with Gasteiger partial charge in [-0.05, 0) is 25.1 Å². The summed E-state index contributed by atoms with van der Waals surface area (Å²) in [6.45, 7) is 3.68. The molecular formula is C15H15N. The van der Waals surface area contributed by atoms with Gasteiger partial charge in [0.1, 0.15) is 0 Å². The minimum Gasteiger partial charge on any atom is -0.264 e. The van der Waals surface area contributed by atoms with Crippen molar-refractivity contribution >= 4 is 12.4 Å². The molecular weight excluding hydrogens is 194 g/mol. The van der Waals surface area contributed by atoms with E-state index in [0.717, 1.165) is 24.1 Å². The zero-order chi connectivity index (χ0) is 11.2. The van der Waals surface area contributed by atoms with E-state index in [1.54, 1.807) is 0 Å². The van der Waals surface area contributed by atoms with Crippen LogP contribution in [0.15, 0.2) is 65.2 Å². The van der Waals surface area contributed by atoms with Crippen molar-refractivity contribution < 1.29 is 0 Å². The lowest BCUT2D eigenvalue weighted by atomic mass is 10.0. The summed E-state index contributed by atoms with van der Waals surface area (Å²) in [5, 5.41) is 0. The van der Waals surface area contributed by atoms with Crippen LogP contribution in [0.3, 0.4) is 0 Å². The van der Waals surface area contributed by atoms with Crippen molar-refractivity contribution in [1.29, 1.82) is 0 Å². The van der Waals surface area contributed by atoms with E-state index in [9.17, 15) is 0 Å². The molecule has 0 aliphatic heterocycles. The first-order valence-corrected chi connectivity index (χ1v) is 5.48. The molecule has 1 aromatic carbocycles. The highest BCUT2D eigenvalue weighted by Gasteiger charge is 2.04. The molecule has 0 bridgehead atoms. The number of aliphatic imine (C=N–C) groups is 1. The van der Waals surface area contributed by atoms with E-state index >= 15 is 0 Å². The molecule has 0 unspecified atom stereocenters. The highest BCUT2D eigenvalue weighted by atomic mass is 14.7. The number of allylic oxidation sites excluding steroid dienone is 5. The summed E-state index contributed by atoms with van der Waals surface area (Å²) in [5.41, 5.74) is 3.35. The maximum Gasteiger partial charge on any atom is 0.0729 e. The van der Waals surface area contributed by atoms with Gasteiger partial charge in [0.15, 0.2) is 0 Å². The lowest BCUT2D eigenvalue weighted by molar-refractivity contribution is 1.27. The van der Waals surface area contributed by atoms with Crippen LogP contribution in [0.2, 0.25) is 0 Å². The molecule has 0 atom stereocenters. The zero-order valence-electron chi connectivity index (χ0n) is 9.26. The SMILES string of the molecule is C=N/C(=C1/C=CCC=CC1)c1ccccc1. The predicted octanol–water partition coefficient (Wildman–Crippen LogP) is 4.00. The monoisotopic (exact) mass is 209 g/mol. The van der Waals surface area contributed by atoms with Gasteiger partial charge in [0.05, 0.1) is 5.70 Å². The van der Waals surface area contributed by atoms with Gasteiger partial charge in [-0.2, -0.15) is 0 Å². The Morgan fingerprint density at radius 1 is 1.06 bits per heavy atom. The molecule has 1 nitrogen and oxygen atoms in total. The van der Waals surface area contributed by atoms with Gasteiger partial charge in [-0.3, -0.25) is 4.99 Å². The first-order chi connectivity index (χ1) is 7.92. The number of rotatable bonds is 2. The first-order valence-electron chi connectivity index (χ1n) is 5.48. The summed E-state index contributed by atoms with van der Waals surface area (Å²) in [4.78, 5) is 4.17. The maximum absolute atomic E-state index is 4.17. The van der Waals surface area contributed by atoms with E-state index in [0.29, 0.717) is 0 Å². The predicted molar refractivity (Wildman–Crippen MR) is 70.4 cm³/mol. The van der Waals surface area contributed by atoms with Crippen LogP contribution in [0.1, 0.15) is 18.4 Å². The topological polar surface area (TPSA) is 12.4 Å². The third kappa shape index (κ3) is 2.37. The molecule has 0 spiro atoms. The molecule has 1 aliphatic rings. The van der Waals surface area contributed by atoms with Crippen LogP contribution in [-0.4, -0.2) is 6.72 Å². The normalized spacial score (nSPS) is 18.0. The van der Waals surface area contributed by atoms with Gasteiger partial charge in [0, 0.05) is 5.56 Å².